The monoisotopic (exact) mass is 324 g/mol. The predicted octanol–water partition coefficient (Wildman–Crippen LogP) is 3.45. The molecule has 2 aliphatic carbocycles. The van der Waals surface area contributed by atoms with Crippen LogP contribution in [0.15, 0.2) is 10.5 Å². The number of methoxy groups -OCH3 is 1. The second kappa shape index (κ2) is 4.51. The van der Waals surface area contributed by atoms with Crippen LogP contribution < -0.4 is 4.74 Å². The molecule has 0 atom stereocenters. The number of fused-ring (bicyclic) bond motifs is 1. The van der Waals surface area contributed by atoms with Crippen LogP contribution in [0.3, 0.4) is 0 Å². The Hall–Kier alpha value is -1.03. The van der Waals surface area contributed by atoms with Crippen LogP contribution in [-0.2, 0) is 23.1 Å². The normalized spacial score (nSPS) is 19.1. The van der Waals surface area contributed by atoms with Crippen molar-refractivity contribution in [3.63, 3.8) is 0 Å². The van der Waals surface area contributed by atoms with Gasteiger partial charge in [-0.1, -0.05) is 6.07 Å². The van der Waals surface area contributed by atoms with Crippen molar-refractivity contribution in [1.82, 2.24) is 0 Å². The van der Waals surface area contributed by atoms with Gasteiger partial charge < -0.3 is 9.84 Å². The fraction of sp³-hybridized carbons (Fsp3) is 0.533. The Morgan fingerprint density at radius 3 is 2.79 bits per heavy atom. The van der Waals surface area contributed by atoms with Crippen molar-refractivity contribution in [1.29, 1.82) is 0 Å². The molecule has 0 radical (unpaired) electrons. The lowest BCUT2D eigenvalue weighted by Crippen LogP contribution is -2.15. The van der Waals surface area contributed by atoms with Crippen LogP contribution in [0.5, 0.6) is 5.75 Å². The van der Waals surface area contributed by atoms with Gasteiger partial charge in [-0.3, -0.25) is 4.79 Å². The number of halogens is 1. The fourth-order valence-corrected chi connectivity index (χ4v) is 4.08. The summed E-state index contributed by atoms with van der Waals surface area (Å²) < 4.78 is 6.61. The van der Waals surface area contributed by atoms with E-state index in [1.807, 2.05) is 0 Å². The molecular formula is C15H17BrO3. The van der Waals surface area contributed by atoms with Gasteiger partial charge in [-0.25, -0.2) is 0 Å². The van der Waals surface area contributed by atoms with Gasteiger partial charge >= 0.3 is 5.97 Å². The second-order valence-electron chi connectivity index (χ2n) is 5.61. The van der Waals surface area contributed by atoms with E-state index < -0.39 is 5.97 Å². The lowest BCUT2D eigenvalue weighted by Gasteiger charge is -2.20. The molecular weight excluding hydrogens is 308 g/mol. The molecule has 1 aromatic carbocycles. The number of hydrogen-bond donors (Lipinski definition) is 1. The van der Waals surface area contributed by atoms with Gasteiger partial charge in [0.2, 0.25) is 0 Å². The summed E-state index contributed by atoms with van der Waals surface area (Å²) in [5, 5.41) is 9.12. The molecule has 3 rings (SSSR count). The average Bonchev–Trinajstić information content (AvgIpc) is 2.96. The van der Waals surface area contributed by atoms with Gasteiger partial charge in [-0.2, -0.15) is 0 Å². The Morgan fingerprint density at radius 1 is 1.47 bits per heavy atom. The minimum Gasteiger partial charge on any atom is -0.495 e. The highest BCUT2D eigenvalue weighted by molar-refractivity contribution is 9.10. The molecule has 0 unspecified atom stereocenters. The van der Waals surface area contributed by atoms with Gasteiger partial charge in [0.15, 0.2) is 0 Å². The Balaban J connectivity index is 2.11. The molecule has 2 aliphatic rings. The number of ether oxygens (including phenoxy) is 1. The van der Waals surface area contributed by atoms with E-state index in [1.54, 1.807) is 7.11 Å². The number of aryl methyl sites for hydroxylation is 1. The molecule has 1 saturated carbocycles. The van der Waals surface area contributed by atoms with Crippen LogP contribution in [0.1, 0.15) is 42.4 Å². The topological polar surface area (TPSA) is 46.5 Å². The number of carbonyl (C=O) groups is 1. The van der Waals surface area contributed by atoms with E-state index in [1.165, 1.54) is 17.5 Å². The highest BCUT2D eigenvalue weighted by Gasteiger charge is 2.48. The predicted molar refractivity (Wildman–Crippen MR) is 75.9 cm³/mol. The summed E-state index contributed by atoms with van der Waals surface area (Å²) >= 11 is 3.66. The zero-order valence-corrected chi connectivity index (χ0v) is 12.5. The van der Waals surface area contributed by atoms with E-state index in [-0.39, 0.29) is 11.8 Å². The number of carboxylic acids is 1. The maximum absolute atomic E-state index is 11.1. The number of benzene rings is 1. The van der Waals surface area contributed by atoms with Gasteiger partial charge in [-0.05, 0) is 59.2 Å². The molecule has 0 aromatic heterocycles. The van der Waals surface area contributed by atoms with Crippen LogP contribution in [0, 0.1) is 0 Å². The first kappa shape index (κ1) is 13.0. The Kier molecular flexibility index (Phi) is 3.08. The number of hydrogen-bond acceptors (Lipinski definition) is 2. The molecule has 3 nitrogen and oxygen atoms in total. The summed E-state index contributed by atoms with van der Waals surface area (Å²) in [4.78, 5) is 11.1. The third-order valence-electron chi connectivity index (χ3n) is 4.41. The van der Waals surface area contributed by atoms with E-state index >= 15 is 0 Å². The summed E-state index contributed by atoms with van der Waals surface area (Å²) in [6.07, 6.45) is 5.44. The summed E-state index contributed by atoms with van der Waals surface area (Å²) in [5.41, 5.74) is 3.59. The fourth-order valence-electron chi connectivity index (χ4n) is 3.25. The Labute approximate surface area is 121 Å². The van der Waals surface area contributed by atoms with Crippen molar-refractivity contribution < 1.29 is 14.6 Å². The Morgan fingerprint density at radius 2 is 2.21 bits per heavy atom. The molecule has 102 valence electrons. The molecule has 0 aliphatic heterocycles. The molecule has 0 amide bonds. The van der Waals surface area contributed by atoms with Crippen molar-refractivity contribution in [3.05, 3.63) is 27.2 Å². The summed E-state index contributed by atoms with van der Waals surface area (Å²) in [7, 11) is 1.67. The Bertz CT molecular complexity index is 547. The summed E-state index contributed by atoms with van der Waals surface area (Å²) in [5.74, 6) is 0.121. The van der Waals surface area contributed by atoms with Gasteiger partial charge in [0.25, 0.3) is 0 Å². The first-order valence-corrected chi connectivity index (χ1v) is 7.47. The third kappa shape index (κ3) is 2.06. The standard InChI is InChI=1S/C15H17BrO3/c1-19-14-11(15(5-6-15)8-12(17)18)7-9-3-2-4-10(9)13(14)16/h7H,2-6,8H2,1H3,(H,17,18). The highest BCUT2D eigenvalue weighted by Crippen LogP contribution is 2.56. The van der Waals surface area contributed by atoms with Crippen LogP contribution in [0.2, 0.25) is 0 Å². The van der Waals surface area contributed by atoms with Crippen LogP contribution in [0.4, 0.5) is 0 Å². The lowest BCUT2D eigenvalue weighted by molar-refractivity contribution is -0.137. The SMILES string of the molecule is COc1c(C2(CC(=O)O)CC2)cc2c(c1Br)CCC2. The number of carboxylic acid groups (broad SMARTS) is 1. The zero-order valence-electron chi connectivity index (χ0n) is 11.0. The van der Waals surface area contributed by atoms with Crippen molar-refractivity contribution in [2.45, 2.75) is 43.9 Å². The van der Waals surface area contributed by atoms with E-state index in [4.69, 9.17) is 9.84 Å². The first-order valence-electron chi connectivity index (χ1n) is 6.68. The molecule has 1 N–H and O–H groups in total. The highest BCUT2D eigenvalue weighted by atomic mass is 79.9. The molecule has 19 heavy (non-hydrogen) atoms. The zero-order chi connectivity index (χ0) is 13.6. The molecule has 1 aromatic rings. The first-order chi connectivity index (χ1) is 9.07. The molecule has 0 bridgehead atoms. The van der Waals surface area contributed by atoms with Crippen LogP contribution in [0.25, 0.3) is 0 Å². The summed E-state index contributed by atoms with van der Waals surface area (Å²) in [6.45, 7) is 0. The molecule has 4 heteroatoms. The van der Waals surface area contributed by atoms with Crippen molar-refractivity contribution in [2.24, 2.45) is 0 Å². The van der Waals surface area contributed by atoms with Crippen LogP contribution in [-0.4, -0.2) is 18.2 Å². The maximum atomic E-state index is 11.1. The molecule has 0 heterocycles. The second-order valence-corrected chi connectivity index (χ2v) is 6.41. The molecule has 0 saturated heterocycles. The minimum absolute atomic E-state index is 0.197. The van der Waals surface area contributed by atoms with Gasteiger partial charge in [-0.15, -0.1) is 0 Å². The van der Waals surface area contributed by atoms with Gasteiger partial charge in [0.05, 0.1) is 18.0 Å². The number of rotatable bonds is 4. The largest absolute Gasteiger partial charge is 0.495 e. The van der Waals surface area contributed by atoms with Crippen molar-refractivity contribution >= 4 is 21.9 Å². The number of aliphatic carboxylic acids is 1. The molecule has 1 fully saturated rings. The van der Waals surface area contributed by atoms with E-state index in [9.17, 15) is 4.79 Å². The van der Waals surface area contributed by atoms with E-state index in [2.05, 4.69) is 22.0 Å². The summed E-state index contributed by atoms with van der Waals surface area (Å²) in [6, 6.07) is 2.20. The van der Waals surface area contributed by atoms with Gasteiger partial charge in [0.1, 0.15) is 5.75 Å². The minimum atomic E-state index is -0.726. The lowest BCUT2D eigenvalue weighted by atomic mass is 9.89. The van der Waals surface area contributed by atoms with E-state index in [0.717, 1.165) is 41.5 Å². The quantitative estimate of drug-likeness (QED) is 0.922. The average molecular weight is 325 g/mol. The van der Waals surface area contributed by atoms with Crippen molar-refractivity contribution in [3.8, 4) is 5.75 Å². The van der Waals surface area contributed by atoms with Crippen LogP contribution >= 0.6 is 15.9 Å². The van der Waals surface area contributed by atoms with Crippen molar-refractivity contribution in [2.75, 3.05) is 7.11 Å². The van der Waals surface area contributed by atoms with Gasteiger partial charge in [0, 0.05) is 11.0 Å². The third-order valence-corrected chi connectivity index (χ3v) is 5.25. The smallest absolute Gasteiger partial charge is 0.304 e. The molecule has 0 spiro atoms. The van der Waals surface area contributed by atoms with E-state index in [0.29, 0.717) is 0 Å². The maximum Gasteiger partial charge on any atom is 0.304 e.